The van der Waals surface area contributed by atoms with Crippen LogP contribution in [0.3, 0.4) is 0 Å². The van der Waals surface area contributed by atoms with Gasteiger partial charge >= 0.3 is 0 Å². The number of pyridine rings is 1. The number of halogens is 1. The molecule has 6 heteroatoms. The monoisotopic (exact) mass is 327 g/mol. The Kier molecular flexibility index (Phi) is 5.33. The van der Waals surface area contributed by atoms with Crippen LogP contribution in [0.2, 0.25) is 0 Å². The van der Waals surface area contributed by atoms with E-state index in [1.54, 1.807) is 36.7 Å². The number of alkyl halides is 1. The maximum absolute atomic E-state index is 14.8. The van der Waals surface area contributed by atoms with Crippen molar-refractivity contribution >= 4 is 5.69 Å². The Morgan fingerprint density at radius 1 is 1.25 bits per heavy atom. The second-order valence-corrected chi connectivity index (χ2v) is 5.66. The summed E-state index contributed by atoms with van der Waals surface area (Å²) < 4.78 is 14.8. The summed E-state index contributed by atoms with van der Waals surface area (Å²) in [5.41, 5.74) is 0.565. The van der Waals surface area contributed by atoms with E-state index in [0.717, 1.165) is 5.56 Å². The molecule has 1 heterocycles. The van der Waals surface area contributed by atoms with Gasteiger partial charge in [-0.3, -0.25) is 15.0 Å². The molecule has 126 valence electrons. The molecule has 1 atom stereocenters. The molecule has 0 amide bonds. The standard InChI is InChI=1S/C18H22FN5/c1-14-6-8-16(9-7-14)18(3,19)10-12-23(20)15(2)24(21)17-5-4-11-22-13-17/h4-13H,2,20-21H2,1,3H3/b12-10-. The number of hydrazine groups is 2. The van der Waals surface area contributed by atoms with Crippen LogP contribution in [0.15, 0.2) is 73.5 Å². The molecule has 1 unspecified atom stereocenters. The Hall–Kier alpha value is -2.70. The Balaban J connectivity index is 2.09. The van der Waals surface area contributed by atoms with Crippen LogP contribution in [0.1, 0.15) is 18.1 Å². The van der Waals surface area contributed by atoms with E-state index in [-0.39, 0.29) is 5.82 Å². The lowest BCUT2D eigenvalue weighted by molar-refractivity contribution is 0.259. The number of aromatic nitrogens is 1. The molecule has 24 heavy (non-hydrogen) atoms. The molecule has 0 saturated carbocycles. The van der Waals surface area contributed by atoms with Crippen LogP contribution in [0.5, 0.6) is 0 Å². The Morgan fingerprint density at radius 2 is 1.92 bits per heavy atom. The van der Waals surface area contributed by atoms with Crippen molar-refractivity contribution in [1.29, 1.82) is 0 Å². The lowest BCUT2D eigenvalue weighted by Crippen LogP contribution is -2.40. The second kappa shape index (κ2) is 7.25. The number of rotatable bonds is 6. The first-order valence-electron chi connectivity index (χ1n) is 7.44. The van der Waals surface area contributed by atoms with Gasteiger partial charge < -0.3 is 0 Å². The fourth-order valence-corrected chi connectivity index (χ4v) is 2.05. The molecule has 0 saturated heterocycles. The Labute approximate surface area is 141 Å². The van der Waals surface area contributed by atoms with Gasteiger partial charge in [-0.15, -0.1) is 0 Å². The van der Waals surface area contributed by atoms with Gasteiger partial charge in [0.15, 0.2) is 5.67 Å². The van der Waals surface area contributed by atoms with Crippen molar-refractivity contribution in [2.75, 3.05) is 5.01 Å². The van der Waals surface area contributed by atoms with Gasteiger partial charge in [0.05, 0.1) is 11.9 Å². The minimum absolute atomic E-state index is 0.277. The van der Waals surface area contributed by atoms with Crippen LogP contribution in [-0.2, 0) is 5.67 Å². The highest BCUT2D eigenvalue weighted by molar-refractivity contribution is 5.47. The molecule has 2 aromatic rings. The SMILES string of the molecule is C=C(N(N)/C=C\C(C)(F)c1ccc(C)cc1)N(N)c1cccnc1. The van der Waals surface area contributed by atoms with Crippen LogP contribution in [0.25, 0.3) is 0 Å². The van der Waals surface area contributed by atoms with Gasteiger partial charge in [0.2, 0.25) is 0 Å². The van der Waals surface area contributed by atoms with Gasteiger partial charge in [0, 0.05) is 12.4 Å². The summed E-state index contributed by atoms with van der Waals surface area (Å²) in [5, 5.41) is 2.44. The van der Waals surface area contributed by atoms with E-state index in [1.165, 1.54) is 29.2 Å². The molecule has 0 aliphatic carbocycles. The van der Waals surface area contributed by atoms with Gasteiger partial charge in [0.25, 0.3) is 0 Å². The van der Waals surface area contributed by atoms with Gasteiger partial charge in [-0.25, -0.2) is 16.1 Å². The van der Waals surface area contributed by atoms with Gasteiger partial charge in [-0.1, -0.05) is 36.4 Å². The van der Waals surface area contributed by atoms with E-state index in [4.69, 9.17) is 11.7 Å². The van der Waals surface area contributed by atoms with E-state index >= 15 is 0 Å². The summed E-state index contributed by atoms with van der Waals surface area (Å²) in [5.74, 6) is 12.1. The fourth-order valence-electron chi connectivity index (χ4n) is 2.05. The minimum atomic E-state index is -1.67. The van der Waals surface area contributed by atoms with E-state index < -0.39 is 5.67 Å². The van der Waals surface area contributed by atoms with Crippen LogP contribution < -0.4 is 16.7 Å². The molecule has 0 aliphatic rings. The number of benzene rings is 1. The zero-order chi connectivity index (χ0) is 17.7. The highest BCUT2D eigenvalue weighted by atomic mass is 19.1. The molecule has 1 aromatic heterocycles. The summed E-state index contributed by atoms with van der Waals surface area (Å²) in [6.07, 6.45) is 5.98. The molecule has 1 aromatic carbocycles. The van der Waals surface area contributed by atoms with Crippen molar-refractivity contribution < 1.29 is 4.39 Å². The first-order chi connectivity index (χ1) is 11.3. The first-order valence-corrected chi connectivity index (χ1v) is 7.44. The molecule has 5 nitrogen and oxygen atoms in total. The van der Waals surface area contributed by atoms with Crippen molar-refractivity contribution in [1.82, 2.24) is 9.99 Å². The maximum atomic E-state index is 14.8. The number of allylic oxidation sites excluding steroid dienone is 1. The van der Waals surface area contributed by atoms with E-state index in [2.05, 4.69) is 11.6 Å². The third-order valence-corrected chi connectivity index (χ3v) is 3.66. The smallest absolute Gasteiger partial charge is 0.153 e. The molecule has 0 bridgehead atoms. The molecular formula is C18H22FN5. The third-order valence-electron chi connectivity index (χ3n) is 3.66. The highest BCUT2D eigenvalue weighted by Crippen LogP contribution is 2.27. The first kappa shape index (κ1) is 17.7. The van der Waals surface area contributed by atoms with Crippen LogP contribution >= 0.6 is 0 Å². The van der Waals surface area contributed by atoms with Crippen LogP contribution in [0.4, 0.5) is 10.1 Å². The maximum Gasteiger partial charge on any atom is 0.153 e. The summed E-state index contributed by atoms with van der Waals surface area (Å²) in [7, 11) is 0. The van der Waals surface area contributed by atoms with E-state index in [9.17, 15) is 4.39 Å². The number of nitrogens with zero attached hydrogens (tertiary/aromatic N) is 3. The number of aryl methyl sites for hydroxylation is 1. The molecule has 4 N–H and O–H groups in total. The predicted octanol–water partition coefficient (Wildman–Crippen LogP) is 3.12. The highest BCUT2D eigenvalue weighted by Gasteiger charge is 2.22. The summed E-state index contributed by atoms with van der Waals surface area (Å²) in [6.45, 7) is 7.23. The van der Waals surface area contributed by atoms with Crippen molar-refractivity contribution in [2.45, 2.75) is 19.5 Å². The minimum Gasteiger partial charge on any atom is -0.271 e. The van der Waals surface area contributed by atoms with Crippen LogP contribution in [-0.4, -0.2) is 9.99 Å². The molecule has 0 radical (unpaired) electrons. The quantitative estimate of drug-likeness (QED) is 0.630. The van der Waals surface area contributed by atoms with Crippen molar-refractivity contribution in [3.8, 4) is 0 Å². The number of anilines is 1. The average molecular weight is 327 g/mol. The van der Waals surface area contributed by atoms with E-state index in [1.807, 2.05) is 19.1 Å². The fraction of sp³-hybridized carbons (Fsp3) is 0.167. The van der Waals surface area contributed by atoms with Gasteiger partial charge in [0.1, 0.15) is 5.82 Å². The Morgan fingerprint density at radius 3 is 2.50 bits per heavy atom. The van der Waals surface area contributed by atoms with Crippen molar-refractivity contribution in [3.05, 3.63) is 84.6 Å². The molecule has 2 rings (SSSR count). The van der Waals surface area contributed by atoms with Gasteiger partial charge in [-0.2, -0.15) is 0 Å². The van der Waals surface area contributed by atoms with Crippen molar-refractivity contribution in [3.63, 3.8) is 0 Å². The summed E-state index contributed by atoms with van der Waals surface area (Å²) in [6, 6.07) is 10.7. The summed E-state index contributed by atoms with van der Waals surface area (Å²) >= 11 is 0. The zero-order valence-corrected chi connectivity index (χ0v) is 13.9. The van der Waals surface area contributed by atoms with Crippen LogP contribution in [0, 0.1) is 6.92 Å². The normalized spacial score (nSPS) is 13.5. The molecule has 0 fully saturated rings. The lowest BCUT2D eigenvalue weighted by Gasteiger charge is -2.27. The Bertz CT molecular complexity index is 710. The zero-order valence-electron chi connectivity index (χ0n) is 13.9. The van der Waals surface area contributed by atoms with E-state index in [0.29, 0.717) is 11.3 Å². The molecule has 0 spiro atoms. The van der Waals surface area contributed by atoms with Crippen molar-refractivity contribution in [2.24, 2.45) is 11.7 Å². The molecular weight excluding hydrogens is 305 g/mol. The molecule has 0 aliphatic heterocycles. The lowest BCUT2D eigenvalue weighted by atomic mass is 9.97. The average Bonchev–Trinajstić information content (AvgIpc) is 2.59. The largest absolute Gasteiger partial charge is 0.271 e. The topological polar surface area (TPSA) is 71.4 Å². The van der Waals surface area contributed by atoms with Gasteiger partial charge in [-0.05, 0) is 37.6 Å². The third kappa shape index (κ3) is 4.18. The number of hydrogen-bond donors (Lipinski definition) is 2. The second-order valence-electron chi connectivity index (χ2n) is 5.66. The predicted molar refractivity (Wildman–Crippen MR) is 94.8 cm³/mol. The number of nitrogens with two attached hydrogens (primary N) is 2. The number of hydrogen-bond acceptors (Lipinski definition) is 5. The summed E-state index contributed by atoms with van der Waals surface area (Å²) in [4.78, 5) is 3.98.